The maximum absolute atomic E-state index is 14.9. The number of hydrogen-bond acceptors (Lipinski definition) is 5. The van der Waals surface area contributed by atoms with Gasteiger partial charge >= 0.3 is 0 Å². The van der Waals surface area contributed by atoms with Gasteiger partial charge in [-0.1, -0.05) is 29.3 Å². The van der Waals surface area contributed by atoms with Gasteiger partial charge in [0, 0.05) is 48.1 Å². The summed E-state index contributed by atoms with van der Waals surface area (Å²) in [7, 11) is 0. The van der Waals surface area contributed by atoms with Gasteiger partial charge in [-0.2, -0.15) is 10.4 Å². The zero-order valence-electron chi connectivity index (χ0n) is 18.3. The van der Waals surface area contributed by atoms with Crippen LogP contribution in [0.25, 0.3) is 22.2 Å². The molecule has 4 aromatic rings. The SMILES string of the molecule is C[C@@H](Oc1cc2c(-c3ccc(N4CCCC4)c(C#N)c3)n[nH]c2cc1F)c1c(Cl)cncc1Cl. The minimum atomic E-state index is -0.616. The highest BCUT2D eigenvalue weighted by Gasteiger charge is 2.21. The Hall–Kier alpha value is -3.34. The molecule has 0 spiro atoms. The molecule has 0 aliphatic carbocycles. The second kappa shape index (κ2) is 9.13. The molecule has 1 atom stereocenters. The van der Waals surface area contributed by atoms with E-state index in [9.17, 15) is 9.65 Å². The number of hydrogen-bond donors (Lipinski definition) is 1. The van der Waals surface area contributed by atoms with Gasteiger partial charge < -0.3 is 9.64 Å². The van der Waals surface area contributed by atoms with E-state index in [1.165, 1.54) is 18.5 Å². The number of aromatic amines is 1. The number of nitrogens with zero attached hydrogens (tertiary/aromatic N) is 4. The summed E-state index contributed by atoms with van der Waals surface area (Å²) in [5.41, 5.74) is 3.94. The molecule has 0 amide bonds. The molecule has 0 radical (unpaired) electrons. The van der Waals surface area contributed by atoms with E-state index in [2.05, 4.69) is 26.2 Å². The molecule has 1 fully saturated rings. The summed E-state index contributed by atoms with van der Waals surface area (Å²) in [6, 6.07) is 11.0. The van der Waals surface area contributed by atoms with Crippen LogP contribution < -0.4 is 9.64 Å². The molecule has 2 aromatic heterocycles. The van der Waals surface area contributed by atoms with E-state index in [1.807, 2.05) is 18.2 Å². The van der Waals surface area contributed by atoms with Gasteiger partial charge in [0.25, 0.3) is 0 Å². The van der Waals surface area contributed by atoms with Crippen LogP contribution in [0.4, 0.5) is 10.1 Å². The second-order valence-corrected chi connectivity index (χ2v) is 9.03. The van der Waals surface area contributed by atoms with Gasteiger partial charge in [-0.15, -0.1) is 0 Å². The predicted octanol–water partition coefficient (Wildman–Crippen LogP) is 6.68. The highest BCUT2D eigenvalue weighted by Crippen LogP contribution is 2.37. The maximum Gasteiger partial charge on any atom is 0.167 e. The van der Waals surface area contributed by atoms with E-state index >= 15 is 0 Å². The number of aromatic nitrogens is 3. The molecule has 1 saturated heterocycles. The molecule has 9 heteroatoms. The monoisotopic (exact) mass is 495 g/mol. The third-order valence-electron chi connectivity index (χ3n) is 6.05. The van der Waals surface area contributed by atoms with Gasteiger partial charge in [0.15, 0.2) is 11.6 Å². The molecule has 0 saturated carbocycles. The largest absolute Gasteiger partial charge is 0.483 e. The van der Waals surface area contributed by atoms with E-state index in [-0.39, 0.29) is 5.75 Å². The van der Waals surface area contributed by atoms with Crippen molar-refractivity contribution < 1.29 is 9.13 Å². The summed E-state index contributed by atoms with van der Waals surface area (Å²) in [6.45, 7) is 3.63. The van der Waals surface area contributed by atoms with Gasteiger partial charge in [-0.05, 0) is 38.0 Å². The van der Waals surface area contributed by atoms with Gasteiger partial charge in [0.05, 0.1) is 26.8 Å². The van der Waals surface area contributed by atoms with E-state index in [1.54, 1.807) is 13.0 Å². The normalized spacial score (nSPS) is 14.4. The lowest BCUT2D eigenvalue weighted by Gasteiger charge is -2.19. The average molecular weight is 496 g/mol. The van der Waals surface area contributed by atoms with Crippen molar-refractivity contribution in [2.24, 2.45) is 0 Å². The van der Waals surface area contributed by atoms with Crippen LogP contribution in [0, 0.1) is 17.1 Å². The van der Waals surface area contributed by atoms with Crippen LogP contribution in [0.15, 0.2) is 42.7 Å². The van der Waals surface area contributed by atoms with E-state index in [0.29, 0.717) is 37.8 Å². The highest BCUT2D eigenvalue weighted by atomic mass is 35.5. The van der Waals surface area contributed by atoms with Crippen LogP contribution >= 0.6 is 23.2 Å². The van der Waals surface area contributed by atoms with Gasteiger partial charge in [0.1, 0.15) is 17.9 Å². The summed E-state index contributed by atoms with van der Waals surface area (Å²) in [5, 5.41) is 18.4. The van der Waals surface area contributed by atoms with Crippen LogP contribution in [0.5, 0.6) is 5.75 Å². The molecule has 2 aromatic carbocycles. The Morgan fingerprint density at radius 1 is 1.15 bits per heavy atom. The minimum Gasteiger partial charge on any atom is -0.483 e. The fourth-order valence-electron chi connectivity index (χ4n) is 4.39. The molecule has 1 aliphatic rings. The van der Waals surface area contributed by atoms with Crippen molar-refractivity contribution >= 4 is 39.8 Å². The summed E-state index contributed by atoms with van der Waals surface area (Å²) in [4.78, 5) is 6.17. The van der Waals surface area contributed by atoms with Gasteiger partial charge in [0.2, 0.25) is 0 Å². The molecule has 5 rings (SSSR count). The van der Waals surface area contributed by atoms with Crippen LogP contribution in [-0.2, 0) is 0 Å². The van der Waals surface area contributed by atoms with Gasteiger partial charge in [-0.25, -0.2) is 4.39 Å². The topological polar surface area (TPSA) is 77.8 Å². The lowest BCUT2D eigenvalue weighted by molar-refractivity contribution is 0.217. The van der Waals surface area contributed by atoms with Crippen molar-refractivity contribution in [3.8, 4) is 23.1 Å². The van der Waals surface area contributed by atoms with Crippen LogP contribution in [-0.4, -0.2) is 28.3 Å². The smallest absolute Gasteiger partial charge is 0.167 e. The standard InChI is InChI=1S/C25H20Cl2FN5O/c1-14(24-18(26)12-30-13-19(24)27)34-23-9-17-21(10-20(23)28)31-32-25(17)15-4-5-22(16(8-15)11-29)33-6-2-3-7-33/h4-5,8-10,12-14H,2-3,6-7H2,1H3,(H,31,32)/t14-/m1/s1. The van der Waals surface area contributed by atoms with Crippen molar-refractivity contribution in [3.63, 3.8) is 0 Å². The number of pyridine rings is 1. The third kappa shape index (κ3) is 4.04. The number of nitriles is 1. The van der Waals surface area contributed by atoms with Gasteiger partial charge in [-0.3, -0.25) is 10.1 Å². The Bertz CT molecular complexity index is 1400. The molecule has 0 bridgehead atoms. The number of rotatable bonds is 5. The molecular weight excluding hydrogens is 476 g/mol. The Kier molecular flexibility index (Phi) is 6.03. The van der Waals surface area contributed by atoms with Crippen molar-refractivity contribution in [2.45, 2.75) is 25.9 Å². The number of anilines is 1. The zero-order chi connectivity index (χ0) is 23.8. The average Bonchev–Trinajstić information content (AvgIpc) is 3.49. The minimum absolute atomic E-state index is 0.0424. The first-order chi connectivity index (χ1) is 16.5. The van der Waals surface area contributed by atoms with Crippen LogP contribution in [0.3, 0.4) is 0 Å². The molecule has 1 N–H and O–H groups in total. The lowest BCUT2D eigenvalue weighted by Crippen LogP contribution is -2.18. The quantitative estimate of drug-likeness (QED) is 0.333. The number of nitrogens with one attached hydrogen (secondary N) is 1. The van der Waals surface area contributed by atoms with Crippen LogP contribution in [0.1, 0.15) is 37.0 Å². The zero-order valence-corrected chi connectivity index (χ0v) is 19.8. The molecular formula is C25H20Cl2FN5O. The third-order valence-corrected chi connectivity index (χ3v) is 6.66. The number of H-pyrrole nitrogens is 1. The molecule has 6 nitrogen and oxygen atoms in total. The number of benzene rings is 2. The first kappa shape index (κ1) is 22.5. The lowest BCUT2D eigenvalue weighted by atomic mass is 10.0. The number of halogens is 3. The fraction of sp³-hybridized carbons (Fsp3) is 0.240. The first-order valence-corrected chi connectivity index (χ1v) is 11.6. The Morgan fingerprint density at radius 2 is 1.88 bits per heavy atom. The first-order valence-electron chi connectivity index (χ1n) is 10.9. The highest BCUT2D eigenvalue weighted by molar-refractivity contribution is 6.35. The van der Waals surface area contributed by atoms with Crippen molar-refractivity contribution in [2.75, 3.05) is 18.0 Å². The summed E-state index contributed by atoms with van der Waals surface area (Å²) < 4.78 is 20.8. The summed E-state index contributed by atoms with van der Waals surface area (Å²) >= 11 is 12.5. The number of ether oxygens (including phenoxy) is 1. The molecule has 1 aliphatic heterocycles. The molecule has 34 heavy (non-hydrogen) atoms. The Balaban J connectivity index is 1.52. The number of fused-ring (bicyclic) bond motifs is 1. The predicted molar refractivity (Wildman–Crippen MR) is 131 cm³/mol. The molecule has 3 heterocycles. The second-order valence-electron chi connectivity index (χ2n) is 8.22. The molecule has 172 valence electrons. The van der Waals surface area contributed by atoms with Crippen molar-refractivity contribution in [1.82, 2.24) is 15.2 Å². The van der Waals surface area contributed by atoms with Crippen LogP contribution in [0.2, 0.25) is 10.0 Å². The van der Waals surface area contributed by atoms with Crippen molar-refractivity contribution in [1.29, 1.82) is 5.26 Å². The molecule has 0 unspecified atom stereocenters. The Morgan fingerprint density at radius 3 is 2.59 bits per heavy atom. The summed E-state index contributed by atoms with van der Waals surface area (Å²) in [6.07, 6.45) is 4.57. The fourth-order valence-corrected chi connectivity index (χ4v) is 5.07. The van der Waals surface area contributed by atoms with Crippen molar-refractivity contribution in [3.05, 3.63) is 69.7 Å². The summed E-state index contributed by atoms with van der Waals surface area (Å²) in [5.74, 6) is -0.501. The Labute approximate surface area is 205 Å². The maximum atomic E-state index is 14.9. The van der Waals surface area contributed by atoms with E-state index in [4.69, 9.17) is 27.9 Å². The van der Waals surface area contributed by atoms with E-state index in [0.717, 1.165) is 37.2 Å². The van der Waals surface area contributed by atoms with E-state index < -0.39 is 11.9 Å².